The van der Waals surface area contributed by atoms with Gasteiger partial charge < -0.3 is 20.1 Å². The zero-order valence-electron chi connectivity index (χ0n) is 18.7. The molecule has 5 rings (SSSR count). The van der Waals surface area contributed by atoms with Gasteiger partial charge in [-0.2, -0.15) is 0 Å². The first-order chi connectivity index (χ1) is 15.6. The van der Waals surface area contributed by atoms with Crippen molar-refractivity contribution in [2.45, 2.75) is 56.6 Å². The Morgan fingerprint density at radius 3 is 2.72 bits per heavy atom. The summed E-state index contributed by atoms with van der Waals surface area (Å²) in [5, 5.41) is 13.3. The molecule has 5 heteroatoms. The van der Waals surface area contributed by atoms with Crippen LogP contribution in [0.4, 0.5) is 4.79 Å². The number of fused-ring (bicyclic) bond motifs is 1. The van der Waals surface area contributed by atoms with Crippen LogP contribution in [0.2, 0.25) is 0 Å². The van der Waals surface area contributed by atoms with Crippen molar-refractivity contribution in [3.63, 3.8) is 0 Å². The molecular weight excluding hydrogens is 400 g/mol. The van der Waals surface area contributed by atoms with E-state index in [1.54, 1.807) is 6.07 Å². The molecule has 2 N–H and O–H groups in total. The first-order valence-electron chi connectivity index (χ1n) is 12.1. The molecule has 0 spiro atoms. The van der Waals surface area contributed by atoms with Crippen molar-refractivity contribution in [2.24, 2.45) is 11.8 Å². The zero-order valence-corrected chi connectivity index (χ0v) is 18.7. The number of hydrogen-bond acceptors (Lipinski definition) is 4. The predicted octanol–water partition coefficient (Wildman–Crippen LogP) is 4.84. The van der Waals surface area contributed by atoms with Gasteiger partial charge in [-0.15, -0.1) is 0 Å². The minimum atomic E-state index is -0.338. The standard InChI is InChI=1S/C27H34N2O3/c30-25-8-4-7-22(15-25)27-13-14-29(17-20-9-10-20)18-23(27)11-12-24(16-27)28-26(31)32-19-21-5-2-1-3-6-21/h1-8,15,20,23-24,30H,9-14,16-19H2,(H,28,31)/t23-,24-,27+/m1/s1. The molecule has 0 radical (unpaired) electrons. The van der Waals surface area contributed by atoms with Crippen molar-refractivity contribution in [2.75, 3.05) is 19.6 Å². The number of hydrogen-bond donors (Lipinski definition) is 2. The molecule has 2 aromatic carbocycles. The highest BCUT2D eigenvalue weighted by atomic mass is 16.5. The van der Waals surface area contributed by atoms with Gasteiger partial charge in [0.15, 0.2) is 0 Å². The van der Waals surface area contributed by atoms with Crippen LogP contribution in [0.3, 0.4) is 0 Å². The monoisotopic (exact) mass is 434 g/mol. The minimum absolute atomic E-state index is 0.00554. The lowest BCUT2D eigenvalue weighted by Crippen LogP contribution is -2.56. The van der Waals surface area contributed by atoms with Crippen LogP contribution in [0.5, 0.6) is 5.75 Å². The average Bonchev–Trinajstić information content (AvgIpc) is 3.62. The average molecular weight is 435 g/mol. The molecule has 1 aliphatic heterocycles. The lowest BCUT2D eigenvalue weighted by molar-refractivity contribution is 0.0398. The third kappa shape index (κ3) is 4.78. The quantitative estimate of drug-likeness (QED) is 0.683. The van der Waals surface area contributed by atoms with E-state index in [1.807, 2.05) is 42.5 Å². The number of rotatable bonds is 6. The molecule has 5 nitrogen and oxygen atoms in total. The molecule has 3 aliphatic rings. The van der Waals surface area contributed by atoms with Crippen molar-refractivity contribution in [3.05, 3.63) is 65.7 Å². The third-order valence-electron chi connectivity index (χ3n) is 7.78. The van der Waals surface area contributed by atoms with Crippen LogP contribution < -0.4 is 5.32 Å². The molecule has 3 atom stereocenters. The number of carbonyl (C=O) groups excluding carboxylic acids is 1. The second-order valence-electron chi connectivity index (χ2n) is 10.0. The largest absolute Gasteiger partial charge is 0.508 e. The molecule has 170 valence electrons. The molecular formula is C27H34N2O3. The number of piperidine rings is 1. The highest BCUT2D eigenvalue weighted by Crippen LogP contribution is 2.50. The second-order valence-corrected chi connectivity index (χ2v) is 10.0. The van der Waals surface area contributed by atoms with Crippen molar-refractivity contribution in [1.82, 2.24) is 10.2 Å². The fraction of sp³-hybridized carbons (Fsp3) is 0.519. The Bertz CT molecular complexity index is 930. The molecule has 1 heterocycles. The first-order valence-corrected chi connectivity index (χ1v) is 12.1. The lowest BCUT2D eigenvalue weighted by atomic mass is 9.58. The van der Waals surface area contributed by atoms with Crippen molar-refractivity contribution in [3.8, 4) is 5.75 Å². The van der Waals surface area contributed by atoms with E-state index < -0.39 is 0 Å². The van der Waals surface area contributed by atoms with E-state index in [2.05, 4.69) is 16.3 Å². The molecule has 0 aromatic heterocycles. The maximum Gasteiger partial charge on any atom is 0.407 e. The van der Waals surface area contributed by atoms with E-state index in [-0.39, 0.29) is 24.2 Å². The van der Waals surface area contributed by atoms with E-state index in [0.29, 0.717) is 11.7 Å². The van der Waals surface area contributed by atoms with E-state index >= 15 is 0 Å². The molecule has 0 bridgehead atoms. The molecule has 0 unspecified atom stereocenters. The molecule has 3 fully saturated rings. The summed E-state index contributed by atoms with van der Waals surface area (Å²) in [5.41, 5.74) is 2.21. The SMILES string of the molecule is O=C(N[C@@H]1CC[C@@H]2CN(CC3CC3)CC[C@@]2(c2cccc(O)c2)C1)OCc1ccccc1. The number of nitrogens with zero attached hydrogens (tertiary/aromatic N) is 1. The summed E-state index contributed by atoms with van der Waals surface area (Å²) in [5.74, 6) is 1.78. The van der Waals surface area contributed by atoms with Gasteiger partial charge >= 0.3 is 6.09 Å². The highest BCUT2D eigenvalue weighted by Gasteiger charge is 2.48. The lowest BCUT2D eigenvalue weighted by Gasteiger charge is -2.53. The van der Waals surface area contributed by atoms with Crippen molar-refractivity contribution in [1.29, 1.82) is 0 Å². The number of ether oxygens (including phenoxy) is 1. The highest BCUT2D eigenvalue weighted by molar-refractivity contribution is 5.67. The predicted molar refractivity (Wildman–Crippen MR) is 124 cm³/mol. The normalized spacial score (nSPS) is 28.0. The van der Waals surface area contributed by atoms with E-state index in [0.717, 1.165) is 50.3 Å². The number of aromatic hydroxyl groups is 1. The minimum Gasteiger partial charge on any atom is -0.508 e. The van der Waals surface area contributed by atoms with E-state index in [9.17, 15) is 9.90 Å². The Hall–Kier alpha value is -2.53. The van der Waals surface area contributed by atoms with Gasteiger partial charge in [0.25, 0.3) is 0 Å². The molecule has 2 aromatic rings. The van der Waals surface area contributed by atoms with E-state index in [4.69, 9.17) is 4.74 Å². The van der Waals surface area contributed by atoms with Crippen LogP contribution in [-0.4, -0.2) is 41.8 Å². The van der Waals surface area contributed by atoms with Crippen molar-refractivity contribution < 1.29 is 14.6 Å². The van der Waals surface area contributed by atoms with Gasteiger partial charge in [-0.3, -0.25) is 0 Å². The number of likely N-dealkylation sites (tertiary alicyclic amines) is 1. The molecule has 1 amide bonds. The summed E-state index contributed by atoms with van der Waals surface area (Å²) in [7, 11) is 0. The molecule has 2 saturated carbocycles. The Morgan fingerprint density at radius 2 is 1.94 bits per heavy atom. The van der Waals surface area contributed by atoms with Gasteiger partial charge in [0.05, 0.1) is 0 Å². The summed E-state index contributed by atoms with van der Waals surface area (Å²) in [6.07, 6.45) is 6.47. The molecule has 2 aliphatic carbocycles. The number of amides is 1. The van der Waals surface area contributed by atoms with Crippen LogP contribution in [0.25, 0.3) is 0 Å². The van der Waals surface area contributed by atoms with Crippen LogP contribution in [0.15, 0.2) is 54.6 Å². The van der Waals surface area contributed by atoms with Gasteiger partial charge in [-0.25, -0.2) is 4.79 Å². The number of nitrogens with one attached hydrogen (secondary N) is 1. The molecule has 1 saturated heterocycles. The van der Waals surface area contributed by atoms with Gasteiger partial charge in [0.2, 0.25) is 0 Å². The Balaban J connectivity index is 1.27. The van der Waals surface area contributed by atoms with Gasteiger partial charge in [0.1, 0.15) is 12.4 Å². The fourth-order valence-electron chi connectivity index (χ4n) is 5.92. The fourth-order valence-corrected chi connectivity index (χ4v) is 5.92. The topological polar surface area (TPSA) is 61.8 Å². The van der Waals surface area contributed by atoms with Gasteiger partial charge in [-0.1, -0.05) is 42.5 Å². The van der Waals surface area contributed by atoms with Crippen molar-refractivity contribution >= 4 is 6.09 Å². The van der Waals surface area contributed by atoms with Crippen LogP contribution in [0, 0.1) is 11.8 Å². The Labute approximate surface area is 190 Å². The Morgan fingerprint density at radius 1 is 1.09 bits per heavy atom. The number of phenolic OH excluding ortho intramolecular Hbond substituents is 1. The maximum absolute atomic E-state index is 12.5. The summed E-state index contributed by atoms with van der Waals surface area (Å²) in [6, 6.07) is 17.7. The second kappa shape index (κ2) is 9.14. The zero-order chi connectivity index (χ0) is 22.0. The smallest absolute Gasteiger partial charge is 0.407 e. The summed E-state index contributed by atoms with van der Waals surface area (Å²) in [6.45, 7) is 3.74. The Kier molecular flexibility index (Phi) is 6.09. The van der Waals surface area contributed by atoms with Gasteiger partial charge in [-0.05, 0) is 80.2 Å². The third-order valence-corrected chi connectivity index (χ3v) is 7.78. The summed E-state index contributed by atoms with van der Waals surface area (Å²) < 4.78 is 5.49. The van der Waals surface area contributed by atoms with E-state index in [1.165, 1.54) is 24.9 Å². The molecule has 32 heavy (non-hydrogen) atoms. The first kappa shape index (κ1) is 21.3. The number of phenols is 1. The number of alkyl carbamates (subject to hydrolysis) is 1. The van der Waals surface area contributed by atoms with Crippen LogP contribution >= 0.6 is 0 Å². The number of carbonyl (C=O) groups is 1. The maximum atomic E-state index is 12.5. The summed E-state index contributed by atoms with van der Waals surface area (Å²) in [4.78, 5) is 15.2. The van der Waals surface area contributed by atoms with Gasteiger partial charge in [0, 0.05) is 24.5 Å². The van der Waals surface area contributed by atoms with Crippen LogP contribution in [-0.2, 0) is 16.8 Å². The van der Waals surface area contributed by atoms with Crippen LogP contribution in [0.1, 0.15) is 49.7 Å². The summed E-state index contributed by atoms with van der Waals surface area (Å²) >= 11 is 0. The number of benzene rings is 2.